The molecule has 97 valence electrons. The fourth-order valence-electron chi connectivity index (χ4n) is 1.53. The molecular weight excluding hydrogens is 240 g/mol. The van der Waals surface area contributed by atoms with E-state index < -0.39 is 6.09 Å². The van der Waals surface area contributed by atoms with Crippen LogP contribution in [-0.2, 0) is 17.9 Å². The minimum atomic E-state index is -0.542. The maximum atomic E-state index is 11.4. The van der Waals surface area contributed by atoms with E-state index >= 15 is 0 Å². The second-order valence-corrected chi connectivity index (χ2v) is 3.98. The summed E-state index contributed by atoms with van der Waals surface area (Å²) in [6.07, 6.45) is -0.542. The molecule has 0 heterocycles. The quantitative estimate of drug-likeness (QED) is 0.835. The normalized spacial score (nSPS) is 9.89. The van der Waals surface area contributed by atoms with Crippen molar-refractivity contribution in [2.45, 2.75) is 13.2 Å². The van der Waals surface area contributed by atoms with Gasteiger partial charge < -0.3 is 4.74 Å². The molecule has 0 saturated carbocycles. The molecule has 0 bridgehead atoms. The Hall–Kier alpha value is -2.33. The highest BCUT2D eigenvalue weighted by molar-refractivity contribution is 5.66. The first-order valence-electron chi connectivity index (χ1n) is 6.02. The van der Waals surface area contributed by atoms with Gasteiger partial charge in [0, 0.05) is 0 Å². The van der Waals surface area contributed by atoms with Gasteiger partial charge in [-0.3, -0.25) is 0 Å². The Morgan fingerprint density at radius 2 is 1.53 bits per heavy atom. The van der Waals surface area contributed by atoms with E-state index in [1.807, 2.05) is 60.7 Å². The molecule has 0 spiro atoms. The van der Waals surface area contributed by atoms with Crippen LogP contribution in [0.25, 0.3) is 0 Å². The fraction of sp³-hybridized carbons (Fsp3) is 0.133. The Balaban J connectivity index is 1.65. The van der Waals surface area contributed by atoms with Crippen LogP contribution in [0.1, 0.15) is 11.1 Å². The van der Waals surface area contributed by atoms with Crippen LogP contribution in [0.15, 0.2) is 60.7 Å². The Bertz CT molecular complexity index is 500. The van der Waals surface area contributed by atoms with Gasteiger partial charge in [-0.1, -0.05) is 60.7 Å². The molecule has 0 aromatic heterocycles. The van der Waals surface area contributed by atoms with Crippen LogP contribution in [0.4, 0.5) is 4.79 Å². The first-order chi connectivity index (χ1) is 9.34. The molecule has 2 aromatic carbocycles. The molecule has 0 unspecified atom stereocenters. The maximum absolute atomic E-state index is 11.4. The molecule has 19 heavy (non-hydrogen) atoms. The summed E-state index contributed by atoms with van der Waals surface area (Å²) in [5, 5.41) is 0. The summed E-state index contributed by atoms with van der Waals surface area (Å²) in [6, 6.07) is 19.2. The molecule has 0 aliphatic heterocycles. The summed E-state index contributed by atoms with van der Waals surface area (Å²) < 4.78 is 5.02. The minimum absolute atomic E-state index is 0.244. The highest BCUT2D eigenvalue weighted by Gasteiger charge is 2.02. The van der Waals surface area contributed by atoms with Crippen LogP contribution < -0.4 is 10.9 Å². The third-order valence-electron chi connectivity index (χ3n) is 2.49. The lowest BCUT2D eigenvalue weighted by molar-refractivity contribution is 0.134. The summed E-state index contributed by atoms with van der Waals surface area (Å²) >= 11 is 0. The zero-order valence-corrected chi connectivity index (χ0v) is 10.5. The lowest BCUT2D eigenvalue weighted by Gasteiger charge is -2.06. The number of rotatable bonds is 5. The smallest absolute Gasteiger partial charge is 0.423 e. The molecule has 4 heteroatoms. The van der Waals surface area contributed by atoms with Crippen molar-refractivity contribution in [1.29, 1.82) is 0 Å². The number of ether oxygens (including phenoxy) is 1. The van der Waals surface area contributed by atoms with Crippen molar-refractivity contribution < 1.29 is 9.53 Å². The van der Waals surface area contributed by atoms with Crippen molar-refractivity contribution in [3.63, 3.8) is 0 Å². The molecule has 2 rings (SSSR count). The van der Waals surface area contributed by atoms with Crippen LogP contribution in [-0.4, -0.2) is 6.09 Å². The fourth-order valence-corrected chi connectivity index (χ4v) is 1.53. The average Bonchev–Trinajstić information content (AvgIpc) is 2.47. The average molecular weight is 255 g/mol. The number of carbonyl (C=O) groups is 1. The predicted molar refractivity (Wildman–Crippen MR) is 72.0 cm³/mol. The van der Waals surface area contributed by atoms with Crippen molar-refractivity contribution in [2.24, 2.45) is 0 Å². The first kappa shape index (κ1) is 13.1. The molecule has 1 radical (unpaired) electrons. The Morgan fingerprint density at radius 3 is 2.16 bits per heavy atom. The second kappa shape index (κ2) is 7.18. The van der Waals surface area contributed by atoms with E-state index in [1.54, 1.807) is 0 Å². The predicted octanol–water partition coefficient (Wildman–Crippen LogP) is 2.63. The zero-order chi connectivity index (χ0) is 13.3. The van der Waals surface area contributed by atoms with Crippen molar-refractivity contribution in [3.05, 3.63) is 71.8 Å². The number of carbonyl (C=O) groups excluding carboxylic acids is 1. The van der Waals surface area contributed by atoms with Gasteiger partial charge in [0.1, 0.15) is 6.61 Å². The van der Waals surface area contributed by atoms with E-state index in [1.165, 1.54) is 0 Å². The van der Waals surface area contributed by atoms with Gasteiger partial charge in [-0.15, -0.1) is 5.43 Å². The summed E-state index contributed by atoms with van der Waals surface area (Å²) in [6.45, 7) is 0.675. The van der Waals surface area contributed by atoms with Gasteiger partial charge in [0.25, 0.3) is 0 Å². The van der Waals surface area contributed by atoms with E-state index in [4.69, 9.17) is 4.74 Å². The van der Waals surface area contributed by atoms with E-state index in [0.29, 0.717) is 6.54 Å². The van der Waals surface area contributed by atoms with Crippen LogP contribution in [0, 0.1) is 0 Å². The number of benzene rings is 2. The zero-order valence-electron chi connectivity index (χ0n) is 10.5. The Labute approximate surface area is 112 Å². The van der Waals surface area contributed by atoms with Crippen LogP contribution in [0.2, 0.25) is 0 Å². The van der Waals surface area contributed by atoms with Crippen molar-refractivity contribution >= 4 is 6.09 Å². The van der Waals surface area contributed by atoms with Crippen molar-refractivity contribution in [3.8, 4) is 0 Å². The standard InChI is InChI=1S/C15H15N2O2/c18-15(19-12-14-9-5-2-6-10-14)17-16-11-13-7-3-1-4-8-13/h1-10H,11-12H2,(H,17,18). The molecule has 0 fully saturated rings. The molecule has 0 saturated heterocycles. The second-order valence-electron chi connectivity index (χ2n) is 3.98. The molecule has 0 aliphatic carbocycles. The third-order valence-corrected chi connectivity index (χ3v) is 2.49. The van der Waals surface area contributed by atoms with E-state index in [0.717, 1.165) is 11.1 Å². The van der Waals surface area contributed by atoms with Gasteiger partial charge in [0.15, 0.2) is 0 Å². The highest BCUT2D eigenvalue weighted by Crippen LogP contribution is 2.00. The van der Waals surface area contributed by atoms with E-state index in [-0.39, 0.29) is 6.61 Å². The number of hydrogen-bond acceptors (Lipinski definition) is 2. The first-order valence-corrected chi connectivity index (χ1v) is 6.02. The lowest BCUT2D eigenvalue weighted by Crippen LogP contribution is -2.31. The third kappa shape index (κ3) is 4.81. The Kier molecular flexibility index (Phi) is 4.96. The van der Waals surface area contributed by atoms with Gasteiger partial charge in [0.05, 0.1) is 6.54 Å². The van der Waals surface area contributed by atoms with Crippen molar-refractivity contribution in [1.82, 2.24) is 10.9 Å². The Morgan fingerprint density at radius 1 is 0.947 bits per heavy atom. The topological polar surface area (TPSA) is 52.4 Å². The summed E-state index contributed by atoms with van der Waals surface area (Å²) in [5.41, 5.74) is 8.27. The van der Waals surface area contributed by atoms with Gasteiger partial charge in [-0.25, -0.2) is 10.2 Å². The number of nitrogens with one attached hydrogen (secondary N) is 1. The van der Waals surface area contributed by atoms with E-state index in [2.05, 4.69) is 10.9 Å². The summed E-state index contributed by atoms with van der Waals surface area (Å²) in [5.74, 6) is 0. The van der Waals surface area contributed by atoms with Crippen molar-refractivity contribution in [2.75, 3.05) is 0 Å². The monoisotopic (exact) mass is 255 g/mol. The van der Waals surface area contributed by atoms with Gasteiger partial charge in [-0.2, -0.15) is 0 Å². The molecule has 2 aromatic rings. The SMILES string of the molecule is O=C(N[N]Cc1ccccc1)OCc1ccccc1. The van der Waals surface area contributed by atoms with Crippen LogP contribution in [0.5, 0.6) is 0 Å². The molecule has 4 nitrogen and oxygen atoms in total. The van der Waals surface area contributed by atoms with E-state index in [9.17, 15) is 4.79 Å². The minimum Gasteiger partial charge on any atom is -0.444 e. The van der Waals surface area contributed by atoms with Gasteiger partial charge in [0.2, 0.25) is 0 Å². The van der Waals surface area contributed by atoms with Crippen LogP contribution in [0.3, 0.4) is 0 Å². The molecule has 1 N–H and O–H groups in total. The highest BCUT2D eigenvalue weighted by atomic mass is 16.6. The number of amides is 1. The largest absolute Gasteiger partial charge is 0.444 e. The van der Waals surface area contributed by atoms with Gasteiger partial charge >= 0.3 is 6.09 Å². The maximum Gasteiger partial charge on any atom is 0.423 e. The lowest BCUT2D eigenvalue weighted by atomic mass is 10.2. The van der Waals surface area contributed by atoms with Crippen LogP contribution >= 0.6 is 0 Å². The number of nitrogens with zero attached hydrogens (tertiary/aromatic N) is 1. The number of hydrogen-bond donors (Lipinski definition) is 1. The molecular formula is C15H15N2O2. The molecule has 1 amide bonds. The molecule has 0 aliphatic rings. The summed E-state index contributed by atoms with van der Waals surface area (Å²) in [7, 11) is 0. The summed E-state index contributed by atoms with van der Waals surface area (Å²) in [4.78, 5) is 11.4. The van der Waals surface area contributed by atoms with Gasteiger partial charge in [-0.05, 0) is 11.1 Å². The molecule has 0 atom stereocenters.